The number of hydrogen-bond acceptors (Lipinski definition) is 3. The zero-order chi connectivity index (χ0) is 13.0. The van der Waals surface area contributed by atoms with Crippen molar-refractivity contribution in [2.45, 2.75) is 38.6 Å². The van der Waals surface area contributed by atoms with Crippen LogP contribution < -0.4 is 15.8 Å². The maximum absolute atomic E-state index is 11.4. The van der Waals surface area contributed by atoms with Crippen LogP contribution in [0.4, 0.5) is 5.69 Å². The number of nitrogens with one attached hydrogen (secondary N) is 1. The van der Waals surface area contributed by atoms with E-state index in [0.29, 0.717) is 0 Å². The Balaban J connectivity index is 1.89. The molecule has 1 amide bonds. The minimum absolute atomic E-state index is 0.148. The first-order valence-corrected chi connectivity index (χ1v) is 6.55. The Labute approximate surface area is 108 Å². The molecule has 98 valence electrons. The minimum atomic E-state index is -0.543. The molecule has 4 heteroatoms. The van der Waals surface area contributed by atoms with E-state index < -0.39 is 6.04 Å². The van der Waals surface area contributed by atoms with Crippen molar-refractivity contribution in [2.24, 2.45) is 5.73 Å². The average Bonchev–Trinajstić information content (AvgIpc) is 2.65. The second kappa shape index (κ2) is 5.87. The summed E-state index contributed by atoms with van der Waals surface area (Å²) in [5.41, 5.74) is 7.36. The van der Waals surface area contributed by atoms with Gasteiger partial charge in [0.15, 0.2) is 0 Å². The van der Waals surface area contributed by atoms with Gasteiger partial charge in [0, 0.05) is 17.3 Å². The monoisotopic (exact) mass is 248 g/mol. The van der Waals surface area contributed by atoms with E-state index in [-0.39, 0.29) is 5.91 Å². The number of nitrogens with two attached hydrogens (primary N) is 1. The van der Waals surface area contributed by atoms with Gasteiger partial charge in [0.25, 0.3) is 0 Å². The number of carbonyl (C=O) groups is 1. The Morgan fingerprint density at radius 2 is 2.17 bits per heavy atom. The van der Waals surface area contributed by atoms with Crippen molar-refractivity contribution in [3.8, 4) is 5.75 Å². The van der Waals surface area contributed by atoms with Crippen molar-refractivity contribution in [1.29, 1.82) is 0 Å². The molecule has 0 saturated heterocycles. The lowest BCUT2D eigenvalue weighted by Crippen LogP contribution is -2.19. The van der Waals surface area contributed by atoms with E-state index in [0.717, 1.165) is 30.0 Å². The largest absolute Gasteiger partial charge is 0.494 e. The number of amides is 1. The summed E-state index contributed by atoms with van der Waals surface area (Å²) in [6.45, 7) is 2.91. The summed E-state index contributed by atoms with van der Waals surface area (Å²) >= 11 is 0. The number of hydrogen-bond donors (Lipinski definition) is 2. The lowest BCUT2D eigenvalue weighted by molar-refractivity contribution is -0.116. The first kappa shape index (κ1) is 12.9. The summed E-state index contributed by atoms with van der Waals surface area (Å²) in [5.74, 6) is 0.643. The van der Waals surface area contributed by atoms with E-state index >= 15 is 0 Å². The number of ether oxygens (including phenoxy) is 1. The SMILES string of the molecule is CCCCCCOc1ccc2c(c1)NC(=O)C2N. The molecule has 0 spiro atoms. The van der Waals surface area contributed by atoms with Crippen molar-refractivity contribution >= 4 is 11.6 Å². The predicted octanol–water partition coefficient (Wildman–Crippen LogP) is 2.60. The highest BCUT2D eigenvalue weighted by Gasteiger charge is 2.27. The van der Waals surface area contributed by atoms with E-state index in [1.54, 1.807) is 0 Å². The summed E-state index contributed by atoms with van der Waals surface area (Å²) in [7, 11) is 0. The predicted molar refractivity (Wildman–Crippen MR) is 71.6 cm³/mol. The summed E-state index contributed by atoms with van der Waals surface area (Å²) in [6, 6.07) is 5.04. The Morgan fingerprint density at radius 1 is 1.33 bits per heavy atom. The summed E-state index contributed by atoms with van der Waals surface area (Å²) in [6.07, 6.45) is 4.74. The van der Waals surface area contributed by atoms with Gasteiger partial charge in [0.05, 0.1) is 6.61 Å². The van der Waals surface area contributed by atoms with Crippen LogP contribution in [-0.2, 0) is 4.79 Å². The summed E-state index contributed by atoms with van der Waals surface area (Å²) in [4.78, 5) is 11.4. The molecule has 0 aromatic heterocycles. The molecule has 1 aromatic rings. The molecule has 3 N–H and O–H groups in total. The molecule has 1 aliphatic heterocycles. The molecule has 0 saturated carbocycles. The molecule has 1 atom stereocenters. The van der Waals surface area contributed by atoms with Crippen LogP contribution in [0.5, 0.6) is 5.75 Å². The second-order valence-corrected chi connectivity index (χ2v) is 4.63. The first-order chi connectivity index (χ1) is 8.72. The van der Waals surface area contributed by atoms with Crippen LogP contribution in [0.15, 0.2) is 18.2 Å². The van der Waals surface area contributed by atoms with Crippen LogP contribution >= 0.6 is 0 Å². The molecular formula is C14H20N2O2. The number of anilines is 1. The van der Waals surface area contributed by atoms with Gasteiger partial charge in [0.1, 0.15) is 11.8 Å². The van der Waals surface area contributed by atoms with Gasteiger partial charge < -0.3 is 15.8 Å². The van der Waals surface area contributed by atoms with Crippen LogP contribution in [0.1, 0.15) is 44.2 Å². The minimum Gasteiger partial charge on any atom is -0.494 e. The smallest absolute Gasteiger partial charge is 0.245 e. The maximum atomic E-state index is 11.4. The summed E-state index contributed by atoms with van der Waals surface area (Å²) in [5, 5.41) is 2.75. The molecule has 0 bridgehead atoms. The molecule has 1 heterocycles. The number of fused-ring (bicyclic) bond motifs is 1. The average molecular weight is 248 g/mol. The number of benzene rings is 1. The maximum Gasteiger partial charge on any atom is 0.245 e. The van der Waals surface area contributed by atoms with Gasteiger partial charge in [-0.2, -0.15) is 0 Å². The fraction of sp³-hybridized carbons (Fsp3) is 0.500. The molecule has 1 unspecified atom stereocenters. The van der Waals surface area contributed by atoms with Gasteiger partial charge in [-0.05, 0) is 12.5 Å². The number of carbonyl (C=O) groups excluding carboxylic acids is 1. The third-order valence-corrected chi connectivity index (χ3v) is 3.17. The standard InChI is InChI=1S/C14H20N2O2/c1-2-3-4-5-8-18-10-6-7-11-12(9-10)16-14(17)13(11)15/h6-7,9,13H,2-5,8,15H2,1H3,(H,16,17). The quantitative estimate of drug-likeness (QED) is 0.760. The van der Waals surface area contributed by atoms with E-state index in [1.807, 2.05) is 18.2 Å². The van der Waals surface area contributed by atoms with Gasteiger partial charge in [-0.1, -0.05) is 32.3 Å². The van der Waals surface area contributed by atoms with Crippen LogP contribution in [-0.4, -0.2) is 12.5 Å². The fourth-order valence-corrected chi connectivity index (χ4v) is 2.08. The van der Waals surface area contributed by atoms with Crippen molar-refractivity contribution < 1.29 is 9.53 Å². The van der Waals surface area contributed by atoms with Gasteiger partial charge in [-0.25, -0.2) is 0 Å². The van der Waals surface area contributed by atoms with Crippen LogP contribution in [0, 0.1) is 0 Å². The topological polar surface area (TPSA) is 64.3 Å². The highest BCUT2D eigenvalue weighted by Crippen LogP contribution is 2.32. The van der Waals surface area contributed by atoms with Crippen molar-refractivity contribution in [2.75, 3.05) is 11.9 Å². The zero-order valence-electron chi connectivity index (χ0n) is 10.7. The number of unbranched alkanes of at least 4 members (excludes halogenated alkanes) is 3. The van der Waals surface area contributed by atoms with E-state index in [4.69, 9.17) is 10.5 Å². The van der Waals surface area contributed by atoms with Gasteiger partial charge in [-0.15, -0.1) is 0 Å². The molecule has 4 nitrogen and oxygen atoms in total. The van der Waals surface area contributed by atoms with Gasteiger partial charge in [-0.3, -0.25) is 4.79 Å². The molecule has 0 radical (unpaired) electrons. The molecule has 0 fully saturated rings. The van der Waals surface area contributed by atoms with Crippen LogP contribution in [0.2, 0.25) is 0 Å². The molecule has 18 heavy (non-hydrogen) atoms. The Hall–Kier alpha value is -1.55. The Kier molecular flexibility index (Phi) is 4.20. The third kappa shape index (κ3) is 2.82. The first-order valence-electron chi connectivity index (χ1n) is 6.55. The van der Waals surface area contributed by atoms with E-state index in [1.165, 1.54) is 19.3 Å². The van der Waals surface area contributed by atoms with Crippen molar-refractivity contribution in [1.82, 2.24) is 0 Å². The molecule has 1 aromatic carbocycles. The molecular weight excluding hydrogens is 228 g/mol. The van der Waals surface area contributed by atoms with Gasteiger partial charge in [0.2, 0.25) is 5.91 Å². The van der Waals surface area contributed by atoms with Gasteiger partial charge >= 0.3 is 0 Å². The van der Waals surface area contributed by atoms with Crippen molar-refractivity contribution in [3.05, 3.63) is 23.8 Å². The van der Waals surface area contributed by atoms with Crippen LogP contribution in [0.25, 0.3) is 0 Å². The van der Waals surface area contributed by atoms with E-state index in [2.05, 4.69) is 12.2 Å². The van der Waals surface area contributed by atoms with Crippen LogP contribution in [0.3, 0.4) is 0 Å². The normalized spacial score (nSPS) is 17.4. The highest BCUT2D eigenvalue weighted by molar-refractivity contribution is 6.02. The van der Waals surface area contributed by atoms with E-state index in [9.17, 15) is 4.79 Å². The molecule has 2 rings (SSSR count). The lowest BCUT2D eigenvalue weighted by Gasteiger charge is -2.08. The summed E-state index contributed by atoms with van der Waals surface area (Å²) < 4.78 is 5.66. The Bertz CT molecular complexity index is 432. The molecule has 1 aliphatic rings. The number of rotatable bonds is 6. The second-order valence-electron chi connectivity index (χ2n) is 4.63. The van der Waals surface area contributed by atoms with Crippen molar-refractivity contribution in [3.63, 3.8) is 0 Å². The Morgan fingerprint density at radius 3 is 2.94 bits per heavy atom. The fourth-order valence-electron chi connectivity index (χ4n) is 2.08. The highest BCUT2D eigenvalue weighted by atomic mass is 16.5. The molecule has 0 aliphatic carbocycles. The third-order valence-electron chi connectivity index (χ3n) is 3.17. The lowest BCUT2D eigenvalue weighted by atomic mass is 10.1. The zero-order valence-corrected chi connectivity index (χ0v) is 10.7.